The lowest BCUT2D eigenvalue weighted by molar-refractivity contribution is 0.553. The molecule has 0 bridgehead atoms. The lowest BCUT2D eigenvalue weighted by Crippen LogP contribution is -2.33. The number of rotatable bonds is 5. The van der Waals surface area contributed by atoms with Crippen LogP contribution in [-0.4, -0.2) is 19.5 Å². The quantitative estimate of drug-likeness (QED) is 0.846. The van der Waals surface area contributed by atoms with Gasteiger partial charge in [0.05, 0.1) is 17.2 Å². The van der Waals surface area contributed by atoms with Crippen LogP contribution in [0.15, 0.2) is 24.3 Å². The average molecular weight is 288 g/mol. The van der Waals surface area contributed by atoms with Crippen LogP contribution in [-0.2, 0) is 16.4 Å². The van der Waals surface area contributed by atoms with Crippen LogP contribution < -0.4 is 4.72 Å². The topological polar surface area (TPSA) is 46.2 Å². The van der Waals surface area contributed by atoms with E-state index in [0.29, 0.717) is 6.42 Å². The molecule has 0 aliphatic heterocycles. The van der Waals surface area contributed by atoms with E-state index >= 15 is 0 Å². The number of benzene rings is 1. The van der Waals surface area contributed by atoms with Crippen molar-refractivity contribution in [3.05, 3.63) is 35.4 Å². The van der Waals surface area contributed by atoms with E-state index < -0.39 is 10.0 Å². The molecule has 3 nitrogen and oxygen atoms in total. The lowest BCUT2D eigenvalue weighted by atomic mass is 10.1. The van der Waals surface area contributed by atoms with E-state index in [1.54, 1.807) is 0 Å². The van der Waals surface area contributed by atoms with E-state index in [1.807, 2.05) is 31.2 Å². The van der Waals surface area contributed by atoms with Crippen LogP contribution in [0, 0.1) is 0 Å². The van der Waals surface area contributed by atoms with E-state index in [4.69, 9.17) is 11.6 Å². The summed E-state index contributed by atoms with van der Waals surface area (Å²) in [6.45, 7) is 1.98. The Morgan fingerprint density at radius 2 is 2.11 bits per heavy atom. The summed E-state index contributed by atoms with van der Waals surface area (Å²) in [4.78, 5) is 0. The Morgan fingerprint density at radius 1 is 1.39 bits per heavy atom. The van der Waals surface area contributed by atoms with Crippen molar-refractivity contribution in [1.29, 1.82) is 0 Å². The third kappa shape index (κ3) is 3.05. The Bertz CT molecular complexity index is 515. The molecule has 5 heteroatoms. The second-order valence-corrected chi connectivity index (χ2v) is 7.12. The fraction of sp³-hybridized carbons (Fsp3) is 0.538. The number of fused-ring (bicyclic) bond motifs is 1. The van der Waals surface area contributed by atoms with E-state index in [0.717, 1.165) is 24.0 Å². The van der Waals surface area contributed by atoms with Crippen LogP contribution >= 0.6 is 11.6 Å². The van der Waals surface area contributed by atoms with Crippen molar-refractivity contribution in [1.82, 2.24) is 4.72 Å². The van der Waals surface area contributed by atoms with Crippen LogP contribution in [0.2, 0.25) is 0 Å². The number of sulfonamides is 1. The SMILES string of the molecule is CCCCS(=O)(=O)NC1c2ccccc2CC1Cl. The third-order valence-electron chi connectivity index (χ3n) is 3.24. The monoisotopic (exact) mass is 287 g/mol. The molecule has 2 atom stereocenters. The zero-order valence-corrected chi connectivity index (χ0v) is 12.0. The minimum Gasteiger partial charge on any atom is -0.212 e. The Balaban J connectivity index is 2.15. The largest absolute Gasteiger partial charge is 0.212 e. The van der Waals surface area contributed by atoms with Crippen LogP contribution in [0.1, 0.15) is 36.9 Å². The summed E-state index contributed by atoms with van der Waals surface area (Å²) in [6.07, 6.45) is 2.27. The minimum absolute atomic E-state index is 0.172. The molecule has 0 saturated carbocycles. The number of alkyl halides is 1. The van der Waals surface area contributed by atoms with E-state index in [9.17, 15) is 8.42 Å². The number of unbranched alkanes of at least 4 members (excludes halogenated alkanes) is 1. The van der Waals surface area contributed by atoms with Gasteiger partial charge in [-0.15, -0.1) is 11.6 Å². The van der Waals surface area contributed by atoms with Gasteiger partial charge < -0.3 is 0 Å². The highest BCUT2D eigenvalue weighted by Crippen LogP contribution is 2.35. The molecule has 0 heterocycles. The summed E-state index contributed by atoms with van der Waals surface area (Å²) >= 11 is 6.26. The number of nitrogens with one attached hydrogen (secondary N) is 1. The molecule has 18 heavy (non-hydrogen) atoms. The first kappa shape index (κ1) is 13.8. The summed E-state index contributed by atoms with van der Waals surface area (Å²) in [5.41, 5.74) is 2.15. The van der Waals surface area contributed by atoms with Crippen LogP contribution in [0.5, 0.6) is 0 Å². The van der Waals surface area contributed by atoms with Crippen LogP contribution in [0.3, 0.4) is 0 Å². The molecule has 1 aromatic rings. The molecule has 0 fully saturated rings. The highest BCUT2D eigenvalue weighted by atomic mass is 35.5. The van der Waals surface area contributed by atoms with Crippen molar-refractivity contribution in [2.45, 2.75) is 37.6 Å². The zero-order chi connectivity index (χ0) is 13.2. The van der Waals surface area contributed by atoms with Crippen molar-refractivity contribution in [3.8, 4) is 0 Å². The molecule has 100 valence electrons. The number of hydrogen-bond donors (Lipinski definition) is 1. The summed E-state index contributed by atoms with van der Waals surface area (Å²) in [5.74, 6) is 0.172. The van der Waals surface area contributed by atoms with E-state index in [2.05, 4.69) is 4.72 Å². The van der Waals surface area contributed by atoms with Gasteiger partial charge in [0.1, 0.15) is 0 Å². The maximum absolute atomic E-state index is 11.9. The van der Waals surface area contributed by atoms with Crippen molar-refractivity contribution in [2.75, 3.05) is 5.75 Å². The maximum atomic E-state index is 11.9. The molecule has 0 spiro atoms. The first-order valence-corrected chi connectivity index (χ1v) is 8.34. The van der Waals surface area contributed by atoms with Crippen LogP contribution in [0.25, 0.3) is 0 Å². The Hall–Kier alpha value is -0.580. The molecular formula is C13H18ClNO2S. The maximum Gasteiger partial charge on any atom is 0.212 e. The highest BCUT2D eigenvalue weighted by molar-refractivity contribution is 7.89. The summed E-state index contributed by atoms with van der Waals surface area (Å²) in [5, 5.41) is -0.196. The Morgan fingerprint density at radius 3 is 2.83 bits per heavy atom. The van der Waals surface area contributed by atoms with Gasteiger partial charge >= 0.3 is 0 Å². The van der Waals surface area contributed by atoms with Crippen molar-refractivity contribution >= 4 is 21.6 Å². The standard InChI is InChI=1S/C13H18ClNO2S/c1-2-3-8-18(16,17)15-13-11-7-5-4-6-10(11)9-12(13)14/h4-7,12-13,15H,2-3,8-9H2,1H3. The minimum atomic E-state index is -3.24. The van der Waals surface area contributed by atoms with Crippen molar-refractivity contribution in [3.63, 3.8) is 0 Å². The van der Waals surface area contributed by atoms with Gasteiger partial charge in [0.15, 0.2) is 0 Å². The Kier molecular flexibility index (Phi) is 4.30. The summed E-state index contributed by atoms with van der Waals surface area (Å²) in [7, 11) is -3.24. The first-order chi connectivity index (χ1) is 8.53. The molecule has 0 amide bonds. The fourth-order valence-electron chi connectivity index (χ4n) is 2.27. The van der Waals surface area contributed by atoms with Gasteiger partial charge in [-0.1, -0.05) is 37.6 Å². The fourth-order valence-corrected chi connectivity index (χ4v) is 4.17. The van der Waals surface area contributed by atoms with Gasteiger partial charge in [0.25, 0.3) is 0 Å². The van der Waals surface area contributed by atoms with Gasteiger partial charge in [-0.05, 0) is 24.0 Å². The van der Waals surface area contributed by atoms with E-state index in [1.165, 1.54) is 0 Å². The third-order valence-corrected chi connectivity index (χ3v) is 5.09. The van der Waals surface area contributed by atoms with E-state index in [-0.39, 0.29) is 17.2 Å². The zero-order valence-electron chi connectivity index (χ0n) is 10.4. The second-order valence-electron chi connectivity index (χ2n) is 4.69. The molecule has 1 N–H and O–H groups in total. The molecule has 1 aromatic carbocycles. The van der Waals surface area contributed by atoms with Crippen LogP contribution in [0.4, 0.5) is 0 Å². The summed E-state index contributed by atoms with van der Waals surface area (Å²) < 4.78 is 26.6. The second kappa shape index (κ2) is 5.59. The summed E-state index contributed by atoms with van der Waals surface area (Å²) in [6, 6.07) is 7.54. The Labute approximate surface area is 114 Å². The van der Waals surface area contributed by atoms with Gasteiger partial charge in [-0.25, -0.2) is 13.1 Å². The molecule has 1 aliphatic rings. The van der Waals surface area contributed by atoms with Gasteiger partial charge in [0, 0.05) is 0 Å². The van der Waals surface area contributed by atoms with Gasteiger partial charge in [0.2, 0.25) is 10.0 Å². The normalized spacial score (nSPS) is 23.0. The van der Waals surface area contributed by atoms with Crippen molar-refractivity contribution in [2.24, 2.45) is 0 Å². The molecular weight excluding hydrogens is 270 g/mol. The van der Waals surface area contributed by atoms with Gasteiger partial charge in [-0.3, -0.25) is 0 Å². The van der Waals surface area contributed by atoms with Gasteiger partial charge in [-0.2, -0.15) is 0 Å². The highest BCUT2D eigenvalue weighted by Gasteiger charge is 2.33. The molecule has 0 saturated heterocycles. The predicted molar refractivity (Wildman–Crippen MR) is 74.4 cm³/mol. The molecule has 2 rings (SSSR count). The molecule has 2 unspecified atom stereocenters. The predicted octanol–water partition coefficient (Wildman–Crippen LogP) is 2.61. The van der Waals surface area contributed by atoms with Crippen molar-refractivity contribution < 1.29 is 8.42 Å². The lowest BCUT2D eigenvalue weighted by Gasteiger charge is -2.17. The number of hydrogen-bond acceptors (Lipinski definition) is 2. The smallest absolute Gasteiger partial charge is 0.212 e. The molecule has 0 radical (unpaired) electrons. The first-order valence-electron chi connectivity index (χ1n) is 6.25. The molecule has 1 aliphatic carbocycles. The average Bonchev–Trinajstić information content (AvgIpc) is 2.63. The number of halogens is 1. The molecule has 0 aromatic heterocycles.